The maximum Gasteiger partial charge on any atom is 0.233 e. The highest BCUT2D eigenvalue weighted by Crippen LogP contribution is 2.25. The lowest BCUT2D eigenvalue weighted by Crippen LogP contribution is -2.27. The van der Waals surface area contributed by atoms with Crippen LogP contribution in [0.1, 0.15) is 11.5 Å². The number of hydrogen-bond acceptors (Lipinski definition) is 7. The molecule has 4 aromatic heterocycles. The third-order valence-electron chi connectivity index (χ3n) is 4.25. The van der Waals surface area contributed by atoms with Crippen molar-refractivity contribution in [2.45, 2.75) is 18.2 Å². The smallest absolute Gasteiger partial charge is 0.233 e. The number of aromatic nitrogens is 4. The van der Waals surface area contributed by atoms with E-state index in [0.29, 0.717) is 24.1 Å². The second-order valence-corrected chi connectivity index (χ2v) is 7.27. The Balaban J connectivity index is 1.50. The Kier molecular flexibility index (Phi) is 5.76. The maximum absolute atomic E-state index is 12.5. The second kappa shape index (κ2) is 8.78. The Labute approximate surface area is 171 Å². The summed E-state index contributed by atoms with van der Waals surface area (Å²) < 4.78 is 12.7. The van der Waals surface area contributed by atoms with Gasteiger partial charge in [-0.2, -0.15) is 0 Å². The van der Waals surface area contributed by atoms with Crippen LogP contribution in [0.15, 0.2) is 75.3 Å². The van der Waals surface area contributed by atoms with E-state index in [9.17, 15) is 4.79 Å². The minimum absolute atomic E-state index is 0.0260. The fraction of sp³-hybridized carbons (Fsp3) is 0.200. The second-order valence-electron chi connectivity index (χ2n) is 6.33. The summed E-state index contributed by atoms with van der Waals surface area (Å²) >= 11 is 1.34. The molecule has 1 amide bonds. The molecule has 0 aliphatic carbocycles. The van der Waals surface area contributed by atoms with Crippen molar-refractivity contribution >= 4 is 17.7 Å². The lowest BCUT2D eigenvalue weighted by atomic mass is 10.2. The predicted molar refractivity (Wildman–Crippen MR) is 107 cm³/mol. The molecule has 0 fully saturated rings. The zero-order valence-corrected chi connectivity index (χ0v) is 16.6. The molecule has 0 N–H and O–H groups in total. The summed E-state index contributed by atoms with van der Waals surface area (Å²) in [5.74, 6) is 2.40. The third-order valence-corrected chi connectivity index (χ3v) is 5.21. The van der Waals surface area contributed by atoms with Crippen LogP contribution in [0.3, 0.4) is 0 Å². The molecule has 0 aromatic carbocycles. The first kappa shape index (κ1) is 19.0. The van der Waals surface area contributed by atoms with Gasteiger partial charge in [-0.05, 0) is 36.4 Å². The molecule has 4 rings (SSSR count). The third kappa shape index (κ3) is 4.57. The van der Waals surface area contributed by atoms with E-state index in [-0.39, 0.29) is 11.7 Å². The van der Waals surface area contributed by atoms with Gasteiger partial charge in [0.15, 0.2) is 11.0 Å². The molecule has 4 heterocycles. The highest BCUT2D eigenvalue weighted by Gasteiger charge is 2.18. The van der Waals surface area contributed by atoms with Crippen LogP contribution in [-0.4, -0.2) is 43.4 Å². The fourth-order valence-corrected chi connectivity index (χ4v) is 3.64. The molecular formula is C20H19N5O3S. The summed E-state index contributed by atoms with van der Waals surface area (Å²) in [5.41, 5.74) is 0.847. The van der Waals surface area contributed by atoms with Gasteiger partial charge in [0.25, 0.3) is 0 Å². The van der Waals surface area contributed by atoms with E-state index in [1.165, 1.54) is 11.8 Å². The van der Waals surface area contributed by atoms with Gasteiger partial charge in [0.05, 0.1) is 31.4 Å². The van der Waals surface area contributed by atoms with Gasteiger partial charge in [0, 0.05) is 25.0 Å². The molecule has 0 saturated carbocycles. The quantitative estimate of drug-likeness (QED) is 0.412. The lowest BCUT2D eigenvalue weighted by Gasteiger charge is -2.15. The van der Waals surface area contributed by atoms with Crippen molar-refractivity contribution < 1.29 is 13.6 Å². The number of thioether (sulfide) groups is 1. The largest absolute Gasteiger partial charge is 0.467 e. The van der Waals surface area contributed by atoms with Crippen molar-refractivity contribution in [3.05, 3.63) is 72.8 Å². The zero-order chi connectivity index (χ0) is 20.1. The van der Waals surface area contributed by atoms with Crippen molar-refractivity contribution in [3.8, 4) is 11.4 Å². The van der Waals surface area contributed by atoms with Crippen molar-refractivity contribution in [2.75, 3.05) is 12.8 Å². The molecule has 0 spiro atoms. The maximum atomic E-state index is 12.5. The molecule has 0 radical (unpaired) electrons. The first-order chi connectivity index (χ1) is 14.2. The predicted octanol–water partition coefficient (Wildman–Crippen LogP) is 3.33. The van der Waals surface area contributed by atoms with Crippen molar-refractivity contribution in [3.63, 3.8) is 0 Å². The van der Waals surface area contributed by atoms with Crippen LogP contribution in [0.4, 0.5) is 0 Å². The van der Waals surface area contributed by atoms with E-state index in [1.54, 1.807) is 42.9 Å². The van der Waals surface area contributed by atoms with Crippen LogP contribution in [-0.2, 0) is 17.9 Å². The Morgan fingerprint density at radius 3 is 2.59 bits per heavy atom. The molecule has 8 nitrogen and oxygen atoms in total. The summed E-state index contributed by atoms with van der Waals surface area (Å²) in [6.07, 6.45) is 6.67. The van der Waals surface area contributed by atoms with Gasteiger partial charge in [0.1, 0.15) is 11.5 Å². The molecule has 0 aliphatic heterocycles. The van der Waals surface area contributed by atoms with E-state index in [0.717, 1.165) is 17.1 Å². The van der Waals surface area contributed by atoms with Crippen LogP contribution < -0.4 is 0 Å². The lowest BCUT2D eigenvalue weighted by molar-refractivity contribution is -0.127. The van der Waals surface area contributed by atoms with Crippen LogP contribution in [0.5, 0.6) is 0 Å². The van der Waals surface area contributed by atoms with E-state index in [1.807, 2.05) is 34.9 Å². The van der Waals surface area contributed by atoms with Crippen LogP contribution >= 0.6 is 11.8 Å². The molecule has 4 aromatic rings. The number of carbonyl (C=O) groups is 1. The van der Waals surface area contributed by atoms with Crippen LogP contribution in [0.25, 0.3) is 11.4 Å². The number of furan rings is 2. The van der Waals surface area contributed by atoms with Gasteiger partial charge < -0.3 is 13.7 Å². The molecule has 0 saturated heterocycles. The summed E-state index contributed by atoms with van der Waals surface area (Å²) in [4.78, 5) is 18.3. The molecule has 9 heteroatoms. The number of hydrogen-bond donors (Lipinski definition) is 0. The van der Waals surface area contributed by atoms with Gasteiger partial charge in [-0.25, -0.2) is 0 Å². The van der Waals surface area contributed by atoms with Crippen molar-refractivity contribution in [1.82, 2.24) is 24.6 Å². The standard InChI is InChI=1S/C20H19N5O3S/c1-24(12-16-6-3-9-27-16)18(26)14-29-20-23-22-19(15-5-2-8-21-11-15)25(20)13-17-7-4-10-28-17/h2-11H,12-14H2,1H3. The van der Waals surface area contributed by atoms with Crippen molar-refractivity contribution in [1.29, 1.82) is 0 Å². The number of nitrogens with zero attached hydrogens (tertiary/aromatic N) is 5. The Morgan fingerprint density at radius 2 is 1.90 bits per heavy atom. The van der Waals surface area contributed by atoms with Gasteiger partial charge in [0.2, 0.25) is 5.91 Å². The first-order valence-electron chi connectivity index (χ1n) is 8.96. The number of amides is 1. The van der Waals surface area contributed by atoms with Crippen LogP contribution in [0, 0.1) is 0 Å². The molecule has 0 atom stereocenters. The highest BCUT2D eigenvalue weighted by molar-refractivity contribution is 7.99. The summed E-state index contributed by atoms with van der Waals surface area (Å²) in [7, 11) is 1.75. The van der Waals surface area contributed by atoms with E-state index >= 15 is 0 Å². The molecule has 0 bridgehead atoms. The molecule has 29 heavy (non-hydrogen) atoms. The molecule has 148 valence electrons. The molecule has 0 unspecified atom stereocenters. The van der Waals surface area contributed by atoms with Gasteiger partial charge in [-0.1, -0.05) is 11.8 Å². The summed E-state index contributed by atoms with van der Waals surface area (Å²) in [5, 5.41) is 9.26. The average molecular weight is 409 g/mol. The van der Waals surface area contributed by atoms with E-state index in [2.05, 4.69) is 15.2 Å². The van der Waals surface area contributed by atoms with E-state index in [4.69, 9.17) is 8.83 Å². The molecule has 0 aliphatic rings. The van der Waals surface area contributed by atoms with Crippen molar-refractivity contribution in [2.24, 2.45) is 0 Å². The fourth-order valence-electron chi connectivity index (χ4n) is 2.77. The Morgan fingerprint density at radius 1 is 1.10 bits per heavy atom. The monoisotopic (exact) mass is 409 g/mol. The number of pyridine rings is 1. The normalized spacial score (nSPS) is 10.9. The van der Waals surface area contributed by atoms with Gasteiger partial charge >= 0.3 is 0 Å². The Hall–Kier alpha value is -3.33. The Bertz CT molecular complexity index is 1050. The van der Waals surface area contributed by atoms with Gasteiger partial charge in [-0.3, -0.25) is 14.3 Å². The van der Waals surface area contributed by atoms with E-state index < -0.39 is 0 Å². The minimum atomic E-state index is -0.0260. The van der Waals surface area contributed by atoms with Gasteiger partial charge in [-0.15, -0.1) is 10.2 Å². The molecular weight excluding hydrogens is 390 g/mol. The minimum Gasteiger partial charge on any atom is -0.467 e. The topological polar surface area (TPSA) is 90.2 Å². The first-order valence-corrected chi connectivity index (χ1v) is 9.94. The average Bonchev–Trinajstić information content (AvgIpc) is 3.50. The SMILES string of the molecule is CN(Cc1ccco1)C(=O)CSc1nnc(-c2cccnc2)n1Cc1ccco1. The highest BCUT2D eigenvalue weighted by atomic mass is 32.2. The zero-order valence-electron chi connectivity index (χ0n) is 15.8. The number of rotatable bonds is 8. The van der Waals surface area contributed by atoms with Crippen LogP contribution in [0.2, 0.25) is 0 Å². The number of carbonyl (C=O) groups excluding carboxylic acids is 1. The summed E-state index contributed by atoms with van der Waals surface area (Å²) in [6, 6.07) is 11.2. The summed E-state index contributed by atoms with van der Waals surface area (Å²) in [6.45, 7) is 0.884.